The van der Waals surface area contributed by atoms with Gasteiger partial charge in [0.2, 0.25) is 0 Å². The molecule has 0 spiro atoms. The summed E-state index contributed by atoms with van der Waals surface area (Å²) in [5, 5.41) is 12.7. The molecule has 2 aromatic rings. The molecule has 6 nitrogen and oxygen atoms in total. The first-order valence-corrected chi connectivity index (χ1v) is 10.2. The lowest BCUT2D eigenvalue weighted by molar-refractivity contribution is -0.139. The van der Waals surface area contributed by atoms with Crippen LogP contribution >= 0.6 is 0 Å². The number of imidazole rings is 1. The van der Waals surface area contributed by atoms with E-state index in [-0.39, 0.29) is 12.2 Å². The van der Waals surface area contributed by atoms with Crippen LogP contribution in [0.1, 0.15) is 63.8 Å². The van der Waals surface area contributed by atoms with Gasteiger partial charge in [-0.15, -0.1) is 0 Å². The van der Waals surface area contributed by atoms with E-state index >= 15 is 0 Å². The van der Waals surface area contributed by atoms with Crippen LogP contribution < -0.4 is 5.32 Å². The number of ketones is 1. The molecule has 29 heavy (non-hydrogen) atoms. The Hall–Kier alpha value is -2.47. The number of aromatic nitrogens is 2. The van der Waals surface area contributed by atoms with Gasteiger partial charge in [-0.2, -0.15) is 0 Å². The lowest BCUT2D eigenvalue weighted by atomic mass is 9.99. The highest BCUT2D eigenvalue weighted by Crippen LogP contribution is 2.16. The Morgan fingerprint density at radius 3 is 2.28 bits per heavy atom. The molecular formula is C23H33N3O3. The first-order valence-electron chi connectivity index (χ1n) is 10.2. The monoisotopic (exact) mass is 399 g/mol. The van der Waals surface area contributed by atoms with Gasteiger partial charge < -0.3 is 9.67 Å². The third-order valence-electron chi connectivity index (χ3n) is 5.11. The number of rotatable bonds is 11. The van der Waals surface area contributed by atoms with Gasteiger partial charge in [-0.25, -0.2) is 4.98 Å². The molecule has 0 fully saturated rings. The highest BCUT2D eigenvalue weighted by atomic mass is 16.4. The second kappa shape index (κ2) is 10.3. The summed E-state index contributed by atoms with van der Waals surface area (Å²) in [6, 6.07) is 7.14. The quantitative estimate of drug-likeness (QED) is 0.603. The third-order valence-corrected chi connectivity index (χ3v) is 5.11. The summed E-state index contributed by atoms with van der Waals surface area (Å²) in [5.41, 5.74) is 3.25. The normalized spacial score (nSPS) is 13.6. The maximum Gasteiger partial charge on any atom is 0.321 e. The van der Waals surface area contributed by atoms with E-state index in [4.69, 9.17) is 0 Å². The molecule has 0 saturated carbocycles. The lowest BCUT2D eigenvalue weighted by Gasteiger charge is -2.23. The standard InChI is InChI=1S/C23H33N3O3/c1-15(2)10-21(17(5)27)25-22(23(28)29)11-20-12-24-14-26(20)13-18-6-8-19(9-7-18)16(3)4/h6-9,12,14-16,21-22,25H,10-11,13H2,1-5H3,(H,28,29)/t21?,22-/m0/s1. The second-order valence-corrected chi connectivity index (χ2v) is 8.46. The number of carbonyl (C=O) groups excluding carboxylic acids is 1. The van der Waals surface area contributed by atoms with Crippen molar-refractivity contribution in [3.63, 3.8) is 0 Å². The van der Waals surface area contributed by atoms with E-state index in [2.05, 4.69) is 48.4 Å². The van der Waals surface area contributed by atoms with Crippen molar-refractivity contribution in [2.24, 2.45) is 5.92 Å². The van der Waals surface area contributed by atoms with Gasteiger partial charge in [-0.1, -0.05) is 52.0 Å². The second-order valence-electron chi connectivity index (χ2n) is 8.46. The Morgan fingerprint density at radius 1 is 1.10 bits per heavy atom. The minimum absolute atomic E-state index is 0.0382. The van der Waals surface area contributed by atoms with Crippen LogP contribution in [0.5, 0.6) is 0 Å². The molecule has 2 rings (SSSR count). The van der Waals surface area contributed by atoms with Gasteiger partial charge in [0.15, 0.2) is 0 Å². The Bertz CT molecular complexity index is 809. The topological polar surface area (TPSA) is 84.2 Å². The van der Waals surface area contributed by atoms with Gasteiger partial charge in [0, 0.05) is 24.9 Å². The summed E-state index contributed by atoms with van der Waals surface area (Å²) in [6.07, 6.45) is 4.30. The highest BCUT2D eigenvalue weighted by molar-refractivity contribution is 5.83. The van der Waals surface area contributed by atoms with Crippen molar-refractivity contribution in [3.8, 4) is 0 Å². The fourth-order valence-corrected chi connectivity index (χ4v) is 3.36. The number of nitrogens with one attached hydrogen (secondary N) is 1. The van der Waals surface area contributed by atoms with Crippen LogP contribution in [0, 0.1) is 5.92 Å². The Balaban J connectivity index is 2.12. The first kappa shape index (κ1) is 22.8. The summed E-state index contributed by atoms with van der Waals surface area (Å²) < 4.78 is 1.97. The molecule has 1 aromatic carbocycles. The van der Waals surface area contributed by atoms with E-state index in [0.717, 1.165) is 11.3 Å². The minimum Gasteiger partial charge on any atom is -0.480 e. The fraction of sp³-hybridized carbons (Fsp3) is 0.522. The van der Waals surface area contributed by atoms with Crippen LogP contribution in [-0.4, -0.2) is 38.5 Å². The zero-order valence-corrected chi connectivity index (χ0v) is 18.1. The van der Waals surface area contributed by atoms with Crippen molar-refractivity contribution in [2.75, 3.05) is 0 Å². The van der Waals surface area contributed by atoms with Crippen LogP contribution in [-0.2, 0) is 22.6 Å². The van der Waals surface area contributed by atoms with Crippen molar-refractivity contribution in [1.29, 1.82) is 0 Å². The van der Waals surface area contributed by atoms with Crippen LogP contribution in [0.2, 0.25) is 0 Å². The van der Waals surface area contributed by atoms with Crippen molar-refractivity contribution in [2.45, 2.75) is 72.0 Å². The van der Waals surface area contributed by atoms with E-state index < -0.39 is 18.1 Å². The lowest BCUT2D eigenvalue weighted by Crippen LogP contribution is -2.48. The minimum atomic E-state index is -0.964. The average Bonchev–Trinajstić information content (AvgIpc) is 3.07. The molecule has 0 aliphatic carbocycles. The summed E-state index contributed by atoms with van der Waals surface area (Å²) in [5.74, 6) is -0.224. The molecule has 2 N–H and O–H groups in total. The van der Waals surface area contributed by atoms with E-state index in [1.54, 1.807) is 12.5 Å². The zero-order chi connectivity index (χ0) is 21.6. The number of carboxylic acids is 1. The van der Waals surface area contributed by atoms with Crippen molar-refractivity contribution in [3.05, 3.63) is 53.6 Å². The molecule has 6 heteroatoms. The number of benzene rings is 1. The van der Waals surface area contributed by atoms with E-state index in [1.165, 1.54) is 12.5 Å². The first-order chi connectivity index (χ1) is 13.7. The van der Waals surface area contributed by atoms with Crippen LogP contribution in [0.3, 0.4) is 0 Å². The van der Waals surface area contributed by atoms with Crippen LogP contribution in [0.15, 0.2) is 36.8 Å². The summed E-state index contributed by atoms with van der Waals surface area (Å²) in [7, 11) is 0. The molecule has 0 amide bonds. The molecule has 0 aliphatic rings. The van der Waals surface area contributed by atoms with E-state index in [9.17, 15) is 14.7 Å². The van der Waals surface area contributed by atoms with Crippen molar-refractivity contribution < 1.29 is 14.7 Å². The molecule has 1 aromatic heterocycles. The summed E-state index contributed by atoms with van der Waals surface area (Å²) in [4.78, 5) is 28.0. The number of hydrogen-bond donors (Lipinski definition) is 2. The maximum atomic E-state index is 12.0. The summed E-state index contributed by atoms with van der Waals surface area (Å²) in [6.45, 7) is 10.5. The smallest absolute Gasteiger partial charge is 0.321 e. The number of nitrogens with zero attached hydrogens (tertiary/aromatic N) is 2. The molecule has 0 aliphatic heterocycles. The Kier molecular flexibility index (Phi) is 8.14. The molecular weight excluding hydrogens is 366 g/mol. The maximum absolute atomic E-state index is 12.0. The van der Waals surface area contributed by atoms with Gasteiger partial charge in [0.25, 0.3) is 0 Å². The molecule has 1 heterocycles. The molecule has 2 atom stereocenters. The van der Waals surface area contributed by atoms with Gasteiger partial charge in [0.1, 0.15) is 11.8 Å². The SMILES string of the molecule is CC(=O)C(CC(C)C)N[C@@H](Cc1cncn1Cc1ccc(C(C)C)cc1)C(=O)O. The molecule has 1 unspecified atom stereocenters. The van der Waals surface area contributed by atoms with Crippen LogP contribution in [0.4, 0.5) is 0 Å². The van der Waals surface area contributed by atoms with E-state index in [0.29, 0.717) is 24.8 Å². The fourth-order valence-electron chi connectivity index (χ4n) is 3.36. The molecule has 0 saturated heterocycles. The largest absolute Gasteiger partial charge is 0.480 e. The Morgan fingerprint density at radius 2 is 1.76 bits per heavy atom. The van der Waals surface area contributed by atoms with Gasteiger partial charge in [-0.3, -0.25) is 14.9 Å². The molecule has 0 bridgehead atoms. The van der Waals surface area contributed by atoms with Crippen LogP contribution in [0.25, 0.3) is 0 Å². The number of Topliss-reactive ketones (excluding diaryl/α,β-unsaturated/α-hetero) is 1. The van der Waals surface area contributed by atoms with Gasteiger partial charge >= 0.3 is 5.97 Å². The number of carboxylic acid groups (broad SMARTS) is 1. The van der Waals surface area contributed by atoms with E-state index in [1.807, 2.05) is 18.4 Å². The number of aliphatic carboxylic acids is 1. The summed E-state index contributed by atoms with van der Waals surface area (Å²) >= 11 is 0. The highest BCUT2D eigenvalue weighted by Gasteiger charge is 2.26. The molecule has 158 valence electrons. The Labute approximate surface area is 173 Å². The van der Waals surface area contributed by atoms with Gasteiger partial charge in [-0.05, 0) is 36.3 Å². The number of carbonyl (C=O) groups is 2. The molecule has 0 radical (unpaired) electrons. The van der Waals surface area contributed by atoms with Crippen molar-refractivity contribution >= 4 is 11.8 Å². The third kappa shape index (κ3) is 6.82. The number of hydrogen-bond acceptors (Lipinski definition) is 4. The zero-order valence-electron chi connectivity index (χ0n) is 18.1. The average molecular weight is 400 g/mol. The predicted octanol–water partition coefficient (Wildman–Crippen LogP) is 3.64. The predicted molar refractivity (Wildman–Crippen MR) is 114 cm³/mol. The van der Waals surface area contributed by atoms with Gasteiger partial charge in [0.05, 0.1) is 12.4 Å². The van der Waals surface area contributed by atoms with Crippen molar-refractivity contribution in [1.82, 2.24) is 14.9 Å².